The Bertz CT molecular complexity index is 2340. The van der Waals surface area contributed by atoms with Crippen LogP contribution in [0.3, 0.4) is 0 Å². The highest BCUT2D eigenvalue weighted by atomic mass is 35.5. The number of hydrogen-bond donors (Lipinski definition) is 2. The Balaban J connectivity index is 0.000000156. The van der Waals surface area contributed by atoms with E-state index in [1.54, 1.807) is 77.1 Å². The summed E-state index contributed by atoms with van der Waals surface area (Å²) in [4.78, 5) is 41.2. The van der Waals surface area contributed by atoms with Crippen LogP contribution in [0.25, 0.3) is 11.4 Å². The highest BCUT2D eigenvalue weighted by molar-refractivity contribution is 7.13. The third kappa shape index (κ3) is 9.20. The van der Waals surface area contributed by atoms with Crippen LogP contribution in [0.15, 0.2) is 71.7 Å². The predicted molar refractivity (Wildman–Crippen MR) is 208 cm³/mol. The molecule has 2 aromatic carbocycles. The Morgan fingerprint density at radius 1 is 0.714 bits per heavy atom. The molecule has 8 rings (SSSR count). The maximum Gasteiger partial charge on any atom is 0.490 e. The van der Waals surface area contributed by atoms with E-state index in [1.165, 1.54) is 28.7 Å². The van der Waals surface area contributed by atoms with Gasteiger partial charge in [-0.2, -0.15) is 4.98 Å². The van der Waals surface area contributed by atoms with E-state index in [0.29, 0.717) is 88.2 Å². The number of ether oxygens (including phenoxy) is 4. The number of carbonyl (C=O) groups is 2. The van der Waals surface area contributed by atoms with E-state index >= 15 is 0 Å². The molecule has 0 saturated heterocycles. The lowest BCUT2D eigenvalue weighted by Crippen LogP contribution is -2.30. The Labute approximate surface area is 331 Å². The van der Waals surface area contributed by atoms with Crippen LogP contribution in [0.2, 0.25) is 5.28 Å². The summed E-state index contributed by atoms with van der Waals surface area (Å²) < 4.78 is 50.2. The monoisotopic (exact) mass is 822 g/mol. The lowest BCUT2D eigenvalue weighted by molar-refractivity contribution is 0.111. The molecule has 0 aliphatic carbocycles. The average molecular weight is 823 g/mol. The van der Waals surface area contributed by atoms with Crippen LogP contribution in [0.5, 0.6) is 23.0 Å². The second-order valence-electron chi connectivity index (χ2n) is 11.5. The lowest BCUT2D eigenvalue weighted by Gasteiger charge is -2.23. The first-order chi connectivity index (χ1) is 27.1. The third-order valence-corrected chi connectivity index (χ3v) is 9.92. The molecule has 20 heteroatoms. The minimum absolute atomic E-state index is 0.00852. The zero-order valence-corrected chi connectivity index (χ0v) is 31.9. The number of rotatable bonds is 8. The Kier molecular flexibility index (Phi) is 13.0. The number of nitrogens with zero attached hydrogens (tertiary/aromatic N) is 6. The summed E-state index contributed by atoms with van der Waals surface area (Å²) in [5.74, 6) is 1.96. The Morgan fingerprint density at radius 2 is 1.21 bits per heavy atom. The second kappa shape index (κ2) is 18.3. The van der Waals surface area contributed by atoms with Crippen LogP contribution < -0.4 is 34.2 Å². The molecule has 0 bridgehead atoms. The van der Waals surface area contributed by atoms with Gasteiger partial charge in [0.05, 0.1) is 22.1 Å². The number of halogens is 3. The largest absolute Gasteiger partial charge is 0.490 e. The van der Waals surface area contributed by atoms with Gasteiger partial charge in [0.2, 0.25) is 5.28 Å². The molecule has 288 valence electrons. The molecule has 4 aromatic heterocycles. The summed E-state index contributed by atoms with van der Waals surface area (Å²) in [6.07, 6.45) is 3.51. The molecule has 0 atom stereocenters. The van der Waals surface area contributed by atoms with Crippen molar-refractivity contribution in [2.75, 3.05) is 50.3 Å². The van der Waals surface area contributed by atoms with Crippen LogP contribution in [-0.4, -0.2) is 90.2 Å². The van der Waals surface area contributed by atoms with Gasteiger partial charge in [0.25, 0.3) is 0 Å². The minimum atomic E-state index is -1.54. The maximum absolute atomic E-state index is 14.4. The van der Waals surface area contributed by atoms with E-state index in [4.69, 9.17) is 40.6 Å². The van der Waals surface area contributed by atoms with Gasteiger partial charge >= 0.3 is 7.12 Å². The van der Waals surface area contributed by atoms with Crippen molar-refractivity contribution < 1.29 is 47.4 Å². The van der Waals surface area contributed by atoms with Crippen molar-refractivity contribution in [1.29, 1.82) is 0 Å². The van der Waals surface area contributed by atoms with Gasteiger partial charge in [0.15, 0.2) is 64.7 Å². The molecule has 0 saturated carbocycles. The van der Waals surface area contributed by atoms with Crippen molar-refractivity contribution in [2.24, 2.45) is 0 Å². The molecule has 0 amide bonds. The van der Waals surface area contributed by atoms with E-state index in [1.807, 2.05) is 0 Å². The standard InChI is InChI=1S/C18H14FN3O3S.C13H11ClFN3O2.C5H5BO3S/c1-22(11-2-3-14-15(8-11)25-6-5-24-14)18-13(19)9-20-17(21-18)12-4-7-26-16(12)10-23;1-18(12-9(15)7-16-13(14)17-12)8-2-3-10-11(6-8)20-5-4-19-10;7-3-5-4(6(8)9)1-2-10-5/h2-4,7-10H,5-6H2,1H3;2-3,6-7H,4-5H2,1H3;1-3,8-9H. The smallest absolute Gasteiger partial charge is 0.486 e. The van der Waals surface area contributed by atoms with Gasteiger partial charge in [-0.25, -0.2) is 23.7 Å². The summed E-state index contributed by atoms with van der Waals surface area (Å²) in [5, 5.41) is 20.7. The second-order valence-corrected chi connectivity index (χ2v) is 13.7. The number of thiophene rings is 2. The zero-order chi connectivity index (χ0) is 39.8. The summed E-state index contributed by atoms with van der Waals surface area (Å²) >= 11 is 8.18. The molecule has 6 heterocycles. The van der Waals surface area contributed by atoms with Crippen molar-refractivity contribution in [3.63, 3.8) is 0 Å². The van der Waals surface area contributed by atoms with Crippen LogP contribution in [0.1, 0.15) is 19.3 Å². The fourth-order valence-electron chi connectivity index (χ4n) is 5.26. The van der Waals surface area contributed by atoms with Gasteiger partial charge in [-0.1, -0.05) is 6.07 Å². The minimum Gasteiger partial charge on any atom is -0.486 e. The highest BCUT2D eigenvalue weighted by Gasteiger charge is 2.20. The Hall–Kier alpha value is -5.73. The molecular formula is C36H30BClF2N6O8S2. The molecule has 2 aliphatic rings. The fraction of sp³-hybridized carbons (Fsp3) is 0.167. The number of benzene rings is 2. The van der Waals surface area contributed by atoms with Crippen LogP contribution in [0, 0.1) is 11.6 Å². The SMILES string of the molecule is CN(c1ccc2c(c1)OCCO2)c1nc(-c2ccsc2C=O)ncc1F.CN(c1ccc2c(c1)OCCO2)c1nc(Cl)ncc1F.O=Cc1sccc1B(O)O. The van der Waals surface area contributed by atoms with Crippen LogP contribution in [0.4, 0.5) is 31.8 Å². The number of carbonyl (C=O) groups excluding carboxylic acids is 2. The van der Waals surface area contributed by atoms with E-state index < -0.39 is 18.8 Å². The van der Waals surface area contributed by atoms with Crippen LogP contribution >= 0.6 is 34.3 Å². The van der Waals surface area contributed by atoms with Gasteiger partial charge in [0.1, 0.15) is 26.4 Å². The van der Waals surface area contributed by atoms with Gasteiger partial charge < -0.3 is 38.8 Å². The number of hydrogen-bond acceptors (Lipinski definition) is 16. The molecular weight excluding hydrogens is 793 g/mol. The quantitative estimate of drug-likeness (QED) is 0.108. The summed E-state index contributed by atoms with van der Waals surface area (Å²) in [5.41, 5.74) is 2.27. The molecule has 2 aliphatic heterocycles. The average Bonchev–Trinajstić information content (AvgIpc) is 3.92. The number of aromatic nitrogens is 4. The molecule has 0 radical (unpaired) electrons. The summed E-state index contributed by atoms with van der Waals surface area (Å²) in [6.45, 7) is 2.00. The first-order valence-corrected chi connectivity index (χ1v) is 18.6. The van der Waals surface area contributed by atoms with Crippen molar-refractivity contribution in [3.05, 3.63) is 98.4 Å². The van der Waals surface area contributed by atoms with E-state index in [0.717, 1.165) is 18.7 Å². The molecule has 0 spiro atoms. The van der Waals surface area contributed by atoms with Gasteiger partial charge in [0, 0.05) is 48.6 Å². The van der Waals surface area contributed by atoms with E-state index in [-0.39, 0.29) is 22.4 Å². The number of anilines is 4. The first-order valence-electron chi connectivity index (χ1n) is 16.5. The van der Waals surface area contributed by atoms with E-state index in [2.05, 4.69) is 19.9 Å². The molecule has 0 fully saturated rings. The number of fused-ring (bicyclic) bond motifs is 2. The molecule has 56 heavy (non-hydrogen) atoms. The van der Waals surface area contributed by atoms with Crippen molar-refractivity contribution in [2.45, 2.75) is 0 Å². The van der Waals surface area contributed by atoms with Crippen LogP contribution in [-0.2, 0) is 0 Å². The summed E-state index contributed by atoms with van der Waals surface area (Å²) in [7, 11) is 1.86. The predicted octanol–water partition coefficient (Wildman–Crippen LogP) is 5.74. The van der Waals surface area contributed by atoms with Gasteiger partial charge in [-0.3, -0.25) is 9.59 Å². The van der Waals surface area contributed by atoms with E-state index in [9.17, 15) is 18.4 Å². The molecule has 6 aromatic rings. The normalized spacial score (nSPS) is 12.3. The van der Waals surface area contributed by atoms with Crippen molar-refractivity contribution in [3.8, 4) is 34.4 Å². The first kappa shape index (κ1) is 40.0. The number of aldehydes is 2. The van der Waals surface area contributed by atoms with Crippen molar-refractivity contribution >= 4 is 82.4 Å². The fourth-order valence-corrected chi connectivity index (χ4v) is 6.81. The molecule has 14 nitrogen and oxygen atoms in total. The molecule has 2 N–H and O–H groups in total. The van der Waals surface area contributed by atoms with Crippen molar-refractivity contribution in [1.82, 2.24) is 19.9 Å². The highest BCUT2D eigenvalue weighted by Crippen LogP contribution is 2.37. The topological polar surface area (TPSA) is 170 Å². The zero-order valence-electron chi connectivity index (χ0n) is 29.5. The van der Waals surface area contributed by atoms with Gasteiger partial charge in [-0.15, -0.1) is 22.7 Å². The third-order valence-electron chi connectivity index (χ3n) is 8.04. The van der Waals surface area contributed by atoms with Gasteiger partial charge in [-0.05, 0) is 52.7 Å². The maximum atomic E-state index is 14.4. The lowest BCUT2D eigenvalue weighted by atomic mass is 9.81. The Morgan fingerprint density at radius 3 is 1.75 bits per heavy atom. The summed E-state index contributed by atoms with van der Waals surface area (Å²) in [6, 6.07) is 14.0. The molecule has 0 unspecified atom stereocenters.